The highest BCUT2D eigenvalue weighted by atomic mass is 16.6. The number of hydrogen-bond donors (Lipinski definition) is 1. The molecule has 1 aromatic rings. The zero-order valence-electron chi connectivity index (χ0n) is 13.5. The van der Waals surface area contributed by atoms with Crippen molar-refractivity contribution in [3.05, 3.63) is 11.3 Å². The number of anilines is 2. The minimum atomic E-state index is -0.411. The molecule has 1 atom stereocenters. The third kappa shape index (κ3) is 2.48. The van der Waals surface area contributed by atoms with Crippen molar-refractivity contribution in [2.75, 3.05) is 37.3 Å². The van der Waals surface area contributed by atoms with Gasteiger partial charge in [-0.15, -0.1) is 0 Å². The van der Waals surface area contributed by atoms with Crippen LogP contribution in [0.25, 0.3) is 0 Å². The predicted octanol–water partition coefficient (Wildman–Crippen LogP) is 1.36. The first kappa shape index (κ1) is 14.5. The van der Waals surface area contributed by atoms with E-state index in [0.717, 1.165) is 50.2 Å². The maximum absolute atomic E-state index is 11.8. The Morgan fingerprint density at radius 2 is 2.00 bits per heavy atom. The summed E-state index contributed by atoms with van der Waals surface area (Å²) in [5.41, 5.74) is 7.86. The van der Waals surface area contributed by atoms with Gasteiger partial charge in [-0.25, -0.2) is 9.78 Å². The normalized spacial score (nSPS) is 27.3. The van der Waals surface area contributed by atoms with Crippen LogP contribution >= 0.6 is 0 Å². The summed E-state index contributed by atoms with van der Waals surface area (Å²) in [6.07, 6.45) is 5.98. The number of fused-ring (bicyclic) bond motifs is 1. The molecular formula is C16H23N5O2. The lowest BCUT2D eigenvalue weighted by atomic mass is 9.91. The van der Waals surface area contributed by atoms with E-state index >= 15 is 0 Å². The number of nitrogens with zero attached hydrogens (tertiary/aromatic N) is 4. The molecule has 124 valence electrons. The highest BCUT2D eigenvalue weighted by Gasteiger charge is 2.47. The number of hydrogen-bond acceptors (Lipinski definition) is 6. The lowest BCUT2D eigenvalue weighted by Crippen LogP contribution is -2.51. The molecule has 2 aliphatic heterocycles. The summed E-state index contributed by atoms with van der Waals surface area (Å²) in [5.74, 6) is 1.30. The minimum Gasteiger partial charge on any atom is -0.439 e. The molecule has 7 nitrogen and oxygen atoms in total. The molecule has 1 amide bonds. The molecule has 23 heavy (non-hydrogen) atoms. The lowest BCUT2D eigenvalue weighted by Gasteiger charge is -2.40. The van der Waals surface area contributed by atoms with Crippen LogP contribution in [0.3, 0.4) is 0 Å². The summed E-state index contributed by atoms with van der Waals surface area (Å²) in [6.45, 7) is 2.25. The van der Waals surface area contributed by atoms with Crippen molar-refractivity contribution in [2.45, 2.75) is 44.1 Å². The molecule has 3 heterocycles. The Hall–Kier alpha value is -2.05. The van der Waals surface area contributed by atoms with E-state index < -0.39 is 5.60 Å². The van der Waals surface area contributed by atoms with Crippen LogP contribution in [-0.2, 0) is 17.6 Å². The third-order valence-corrected chi connectivity index (χ3v) is 5.16. The van der Waals surface area contributed by atoms with Gasteiger partial charge in [0.25, 0.3) is 0 Å². The van der Waals surface area contributed by atoms with Gasteiger partial charge >= 0.3 is 6.09 Å². The van der Waals surface area contributed by atoms with Crippen LogP contribution in [-0.4, -0.2) is 53.2 Å². The molecule has 1 unspecified atom stereocenters. The largest absolute Gasteiger partial charge is 0.439 e. The predicted molar refractivity (Wildman–Crippen MR) is 86.4 cm³/mol. The first-order chi connectivity index (χ1) is 11.1. The Balaban J connectivity index is 1.66. The van der Waals surface area contributed by atoms with Gasteiger partial charge in [0.05, 0.1) is 18.8 Å². The molecule has 1 aromatic heterocycles. The van der Waals surface area contributed by atoms with Crippen molar-refractivity contribution in [1.29, 1.82) is 0 Å². The van der Waals surface area contributed by atoms with Crippen LogP contribution in [0.1, 0.15) is 36.9 Å². The molecule has 7 heteroatoms. The van der Waals surface area contributed by atoms with Gasteiger partial charge in [0, 0.05) is 19.2 Å². The van der Waals surface area contributed by atoms with Crippen LogP contribution in [0.4, 0.5) is 16.6 Å². The first-order valence-electron chi connectivity index (χ1n) is 8.41. The van der Waals surface area contributed by atoms with Crippen LogP contribution in [0, 0.1) is 0 Å². The van der Waals surface area contributed by atoms with Gasteiger partial charge in [0.2, 0.25) is 5.95 Å². The van der Waals surface area contributed by atoms with Gasteiger partial charge in [0.15, 0.2) is 0 Å². The Labute approximate surface area is 135 Å². The van der Waals surface area contributed by atoms with E-state index in [4.69, 9.17) is 10.5 Å². The van der Waals surface area contributed by atoms with E-state index in [0.29, 0.717) is 19.0 Å². The fourth-order valence-corrected chi connectivity index (χ4v) is 4.14. The van der Waals surface area contributed by atoms with Crippen molar-refractivity contribution < 1.29 is 9.53 Å². The average molecular weight is 317 g/mol. The molecule has 4 rings (SSSR count). The zero-order valence-corrected chi connectivity index (χ0v) is 13.5. The van der Waals surface area contributed by atoms with E-state index in [-0.39, 0.29) is 6.09 Å². The second-order valence-corrected chi connectivity index (χ2v) is 6.97. The molecule has 2 N–H and O–H groups in total. The van der Waals surface area contributed by atoms with Gasteiger partial charge in [-0.2, -0.15) is 4.98 Å². The Morgan fingerprint density at radius 1 is 1.17 bits per heavy atom. The summed E-state index contributed by atoms with van der Waals surface area (Å²) in [4.78, 5) is 24.7. The topological polar surface area (TPSA) is 84.6 Å². The number of ether oxygens (including phenoxy) is 1. The van der Waals surface area contributed by atoms with Crippen LogP contribution < -0.4 is 10.6 Å². The van der Waals surface area contributed by atoms with Crippen molar-refractivity contribution in [2.24, 2.45) is 0 Å². The Kier molecular flexibility index (Phi) is 3.32. The van der Waals surface area contributed by atoms with Gasteiger partial charge < -0.3 is 20.3 Å². The second-order valence-electron chi connectivity index (χ2n) is 6.97. The number of nitrogens with two attached hydrogens (primary N) is 1. The fraction of sp³-hybridized carbons (Fsp3) is 0.688. The summed E-state index contributed by atoms with van der Waals surface area (Å²) in [7, 11) is 1.79. The first-order valence-corrected chi connectivity index (χ1v) is 8.41. The van der Waals surface area contributed by atoms with Crippen LogP contribution in [0.2, 0.25) is 0 Å². The summed E-state index contributed by atoms with van der Waals surface area (Å²) in [6, 6.07) is 0. The van der Waals surface area contributed by atoms with E-state index in [1.54, 1.807) is 11.9 Å². The number of aryl methyl sites for hydroxylation is 1. The zero-order chi connectivity index (χ0) is 16.0. The van der Waals surface area contributed by atoms with Crippen LogP contribution in [0.15, 0.2) is 0 Å². The smallest absolute Gasteiger partial charge is 0.410 e. The summed E-state index contributed by atoms with van der Waals surface area (Å²) >= 11 is 0. The second kappa shape index (κ2) is 5.25. The van der Waals surface area contributed by atoms with Crippen LogP contribution in [0.5, 0.6) is 0 Å². The molecule has 0 bridgehead atoms. The molecule has 2 saturated heterocycles. The lowest BCUT2D eigenvalue weighted by molar-refractivity contribution is 0.0445. The highest BCUT2D eigenvalue weighted by Crippen LogP contribution is 2.36. The number of aromatic nitrogens is 2. The van der Waals surface area contributed by atoms with E-state index in [9.17, 15) is 4.79 Å². The maximum atomic E-state index is 11.8. The van der Waals surface area contributed by atoms with Gasteiger partial charge in [-0.05, 0) is 38.5 Å². The summed E-state index contributed by atoms with van der Waals surface area (Å²) < 4.78 is 5.70. The number of carbonyl (C=O) groups is 1. The number of carbonyl (C=O) groups excluding carboxylic acids is 1. The number of amides is 1. The van der Waals surface area contributed by atoms with E-state index in [1.165, 1.54) is 12.0 Å². The monoisotopic (exact) mass is 317 g/mol. The molecule has 0 radical (unpaired) electrons. The van der Waals surface area contributed by atoms with Crippen molar-refractivity contribution in [3.8, 4) is 0 Å². The molecule has 0 saturated carbocycles. The Bertz CT molecular complexity index is 650. The molecular weight excluding hydrogens is 294 g/mol. The van der Waals surface area contributed by atoms with Crippen molar-refractivity contribution >= 4 is 17.9 Å². The number of likely N-dealkylation sites (N-methyl/N-ethyl adjacent to an activating group) is 1. The summed E-state index contributed by atoms with van der Waals surface area (Å²) in [5, 5.41) is 0. The fourth-order valence-electron chi connectivity index (χ4n) is 4.14. The van der Waals surface area contributed by atoms with Gasteiger partial charge in [-0.1, -0.05) is 0 Å². The standard InChI is InChI=1S/C16H23N5O2/c1-20-9-16(23-15(20)22)7-4-8-21(10-16)13-11-5-2-3-6-12(11)18-14(17)19-13/h2-10H2,1H3,(H2,17,18,19). The molecule has 1 spiro atoms. The van der Waals surface area contributed by atoms with Gasteiger partial charge in [0.1, 0.15) is 11.4 Å². The SMILES string of the molecule is CN1CC2(CCCN(c3nc(N)nc4c3CCCC4)C2)OC1=O. The average Bonchev–Trinajstić information content (AvgIpc) is 2.80. The van der Waals surface area contributed by atoms with E-state index in [1.807, 2.05) is 0 Å². The molecule has 1 aliphatic carbocycles. The number of nitrogen functional groups attached to an aromatic ring is 1. The molecule has 3 aliphatic rings. The van der Waals surface area contributed by atoms with Crippen molar-refractivity contribution in [1.82, 2.24) is 14.9 Å². The number of piperidine rings is 1. The van der Waals surface area contributed by atoms with Crippen molar-refractivity contribution in [3.63, 3.8) is 0 Å². The Morgan fingerprint density at radius 3 is 2.78 bits per heavy atom. The third-order valence-electron chi connectivity index (χ3n) is 5.16. The van der Waals surface area contributed by atoms with E-state index in [2.05, 4.69) is 14.9 Å². The quantitative estimate of drug-likeness (QED) is 0.842. The van der Waals surface area contributed by atoms with Gasteiger partial charge in [-0.3, -0.25) is 0 Å². The number of rotatable bonds is 1. The minimum absolute atomic E-state index is 0.226. The molecule has 0 aromatic carbocycles. The maximum Gasteiger partial charge on any atom is 0.410 e. The highest BCUT2D eigenvalue weighted by molar-refractivity contribution is 5.70. The molecule has 2 fully saturated rings.